The predicted octanol–water partition coefficient (Wildman–Crippen LogP) is 4.43. The highest BCUT2D eigenvalue weighted by Crippen LogP contribution is 2.26. The number of hydrogen-bond acceptors (Lipinski definition) is 5. The van der Waals surface area contributed by atoms with Crippen molar-refractivity contribution in [2.24, 2.45) is 10.2 Å². The number of carbonyl (C=O) groups is 2. The Morgan fingerprint density at radius 3 is 2.73 bits per heavy atom. The second kappa shape index (κ2) is 9.67. The Balaban J connectivity index is 1.33. The zero-order valence-corrected chi connectivity index (χ0v) is 17.4. The van der Waals surface area contributed by atoms with Gasteiger partial charge >= 0.3 is 0 Å². The van der Waals surface area contributed by atoms with E-state index in [0.29, 0.717) is 10.7 Å². The van der Waals surface area contributed by atoms with Crippen molar-refractivity contribution in [1.82, 2.24) is 5.32 Å². The van der Waals surface area contributed by atoms with Crippen LogP contribution in [-0.2, 0) is 17.6 Å². The molecule has 1 atom stereocenters. The first kappa shape index (κ1) is 20.3. The molecule has 6 heteroatoms. The van der Waals surface area contributed by atoms with Crippen LogP contribution in [-0.4, -0.2) is 28.3 Å². The third-order valence-electron chi connectivity index (χ3n) is 5.21. The smallest absolute Gasteiger partial charge is 0.240 e. The lowest BCUT2D eigenvalue weighted by molar-refractivity contribution is -0.118. The maximum atomic E-state index is 12.7. The van der Waals surface area contributed by atoms with Crippen molar-refractivity contribution >= 4 is 40.9 Å². The summed E-state index contributed by atoms with van der Waals surface area (Å²) in [6.07, 6.45) is 9.94. The number of hydrogen-bond donors (Lipinski definition) is 1. The molecule has 1 N–H and O–H groups in total. The molecule has 1 saturated heterocycles. The summed E-state index contributed by atoms with van der Waals surface area (Å²) in [5.41, 5.74) is 4.38. The van der Waals surface area contributed by atoms with Crippen molar-refractivity contribution in [2.75, 3.05) is 0 Å². The molecule has 2 aromatic carbocycles. The number of rotatable bonds is 6. The zero-order chi connectivity index (χ0) is 20.8. The Hall–Kier alpha value is -2.99. The monoisotopic (exact) mass is 417 g/mol. The lowest BCUT2D eigenvalue weighted by atomic mass is 9.89. The molecule has 1 fully saturated rings. The second-order valence-corrected chi connectivity index (χ2v) is 8.54. The molecule has 0 aromatic heterocycles. The summed E-state index contributed by atoms with van der Waals surface area (Å²) >= 11 is 1.26. The van der Waals surface area contributed by atoms with Gasteiger partial charge in [0.2, 0.25) is 5.91 Å². The van der Waals surface area contributed by atoms with Crippen molar-refractivity contribution in [1.29, 1.82) is 0 Å². The van der Waals surface area contributed by atoms with Gasteiger partial charge in [-0.25, -0.2) is 0 Å². The van der Waals surface area contributed by atoms with Gasteiger partial charge in [0, 0.05) is 18.2 Å². The van der Waals surface area contributed by atoms with E-state index >= 15 is 0 Å². The van der Waals surface area contributed by atoms with Crippen molar-refractivity contribution in [3.05, 3.63) is 76.9 Å². The van der Waals surface area contributed by atoms with E-state index in [9.17, 15) is 9.59 Å². The van der Waals surface area contributed by atoms with E-state index in [1.165, 1.54) is 35.7 Å². The fourth-order valence-corrected chi connectivity index (χ4v) is 4.55. The SMILES string of the molecule is O=C(CC1S\C(=N/N=C/C=C/c2ccccc2)NC1=O)c1ccc2c(c1)CCCC2. The number of amidine groups is 1. The first-order valence-electron chi connectivity index (χ1n) is 10.1. The van der Waals surface area contributed by atoms with Gasteiger partial charge in [-0.3, -0.25) is 9.59 Å². The molecule has 1 unspecified atom stereocenters. The minimum atomic E-state index is -0.470. The number of nitrogens with zero attached hydrogens (tertiary/aromatic N) is 2. The maximum Gasteiger partial charge on any atom is 0.240 e. The lowest BCUT2D eigenvalue weighted by Gasteiger charge is -2.16. The number of amides is 1. The van der Waals surface area contributed by atoms with Gasteiger partial charge in [-0.2, -0.15) is 5.10 Å². The third-order valence-corrected chi connectivity index (χ3v) is 6.28. The molecule has 1 aliphatic carbocycles. The molecule has 2 aromatic rings. The number of Topliss-reactive ketones (excluding diaryl/α,β-unsaturated/α-hetero) is 1. The molecule has 0 spiro atoms. The average Bonchev–Trinajstić information content (AvgIpc) is 3.12. The van der Waals surface area contributed by atoms with Crippen molar-refractivity contribution in [3.8, 4) is 0 Å². The van der Waals surface area contributed by atoms with Crippen LogP contribution >= 0.6 is 11.8 Å². The molecule has 4 rings (SSSR count). The summed E-state index contributed by atoms with van der Waals surface area (Å²) in [5.74, 6) is -0.202. The summed E-state index contributed by atoms with van der Waals surface area (Å²) in [4.78, 5) is 24.9. The van der Waals surface area contributed by atoms with Gasteiger partial charge in [0.1, 0.15) is 0 Å². The number of carbonyl (C=O) groups excluding carboxylic acids is 2. The van der Waals surface area contributed by atoms with Crippen LogP contribution in [0.3, 0.4) is 0 Å². The maximum absolute atomic E-state index is 12.7. The molecule has 2 aliphatic rings. The number of thioether (sulfide) groups is 1. The third kappa shape index (κ3) is 5.13. The number of aryl methyl sites for hydroxylation is 2. The Labute approximate surface area is 180 Å². The van der Waals surface area contributed by atoms with Gasteiger partial charge < -0.3 is 5.32 Å². The molecule has 152 valence electrons. The summed E-state index contributed by atoms with van der Waals surface area (Å²) in [6, 6.07) is 15.8. The number of allylic oxidation sites excluding steroid dienone is 1. The number of benzene rings is 2. The first-order valence-corrected chi connectivity index (χ1v) is 11.0. The normalized spacial score (nSPS) is 20.1. The summed E-state index contributed by atoms with van der Waals surface area (Å²) in [6.45, 7) is 0. The van der Waals surface area contributed by atoms with Crippen LogP contribution < -0.4 is 5.32 Å². The largest absolute Gasteiger partial charge is 0.303 e. The number of fused-ring (bicyclic) bond motifs is 1. The van der Waals surface area contributed by atoms with Crippen LogP contribution in [0.4, 0.5) is 0 Å². The van der Waals surface area contributed by atoms with Gasteiger partial charge in [0.25, 0.3) is 0 Å². The van der Waals surface area contributed by atoms with Crippen molar-refractivity contribution < 1.29 is 9.59 Å². The summed E-state index contributed by atoms with van der Waals surface area (Å²) in [7, 11) is 0. The van der Waals surface area contributed by atoms with Gasteiger partial charge in [-0.15, -0.1) is 5.10 Å². The first-order chi connectivity index (χ1) is 14.7. The Morgan fingerprint density at radius 1 is 1.10 bits per heavy atom. The molecule has 0 radical (unpaired) electrons. The Morgan fingerprint density at radius 2 is 1.90 bits per heavy atom. The molecular weight excluding hydrogens is 394 g/mol. The topological polar surface area (TPSA) is 70.9 Å². The van der Waals surface area contributed by atoms with Crippen LogP contribution in [0.2, 0.25) is 0 Å². The summed E-state index contributed by atoms with van der Waals surface area (Å²) in [5, 5.41) is 10.7. The number of ketones is 1. The van der Waals surface area contributed by atoms with Crippen LogP contribution in [0.15, 0.2) is 64.8 Å². The van der Waals surface area contributed by atoms with Gasteiger partial charge in [-0.1, -0.05) is 60.3 Å². The average molecular weight is 418 g/mol. The Kier molecular flexibility index (Phi) is 6.54. The van der Waals surface area contributed by atoms with Gasteiger partial charge in [-0.05, 0) is 54.5 Å². The Bertz CT molecular complexity index is 1030. The highest BCUT2D eigenvalue weighted by molar-refractivity contribution is 8.15. The molecular formula is C24H23N3O2S. The van der Waals surface area contributed by atoms with E-state index in [2.05, 4.69) is 21.6 Å². The van der Waals surface area contributed by atoms with Gasteiger partial charge in [0.05, 0.1) is 5.25 Å². The van der Waals surface area contributed by atoms with E-state index in [1.54, 1.807) is 12.3 Å². The molecule has 1 aliphatic heterocycles. The van der Waals surface area contributed by atoms with Gasteiger partial charge in [0.15, 0.2) is 11.0 Å². The quantitative estimate of drug-likeness (QED) is 0.430. The van der Waals surface area contributed by atoms with Crippen LogP contribution in [0.1, 0.15) is 46.3 Å². The van der Waals surface area contributed by atoms with E-state index < -0.39 is 5.25 Å². The lowest BCUT2D eigenvalue weighted by Crippen LogP contribution is -2.26. The van der Waals surface area contributed by atoms with Crippen molar-refractivity contribution in [3.63, 3.8) is 0 Å². The molecule has 1 amide bonds. The fourth-order valence-electron chi connectivity index (χ4n) is 3.62. The van der Waals surface area contributed by atoms with E-state index in [1.807, 2.05) is 48.5 Å². The van der Waals surface area contributed by atoms with E-state index in [4.69, 9.17) is 0 Å². The number of nitrogens with one attached hydrogen (secondary N) is 1. The second-order valence-electron chi connectivity index (χ2n) is 7.35. The highest BCUT2D eigenvalue weighted by atomic mass is 32.2. The fraction of sp³-hybridized carbons (Fsp3) is 0.250. The molecule has 0 saturated carbocycles. The minimum absolute atomic E-state index is 0.00781. The van der Waals surface area contributed by atoms with Crippen LogP contribution in [0, 0.1) is 0 Å². The predicted molar refractivity (Wildman–Crippen MR) is 123 cm³/mol. The highest BCUT2D eigenvalue weighted by Gasteiger charge is 2.32. The standard InChI is InChI=1S/C24H23N3O2S/c28-21(20-13-12-18-10-4-5-11-19(18)15-20)16-22-23(29)26-24(30-22)27-25-14-6-9-17-7-2-1-3-8-17/h1-3,6-9,12-15,22H,4-5,10-11,16H2,(H,26,27,29)/b9-6+,25-14+. The molecule has 30 heavy (non-hydrogen) atoms. The summed E-state index contributed by atoms with van der Waals surface area (Å²) < 4.78 is 0. The van der Waals surface area contributed by atoms with Crippen LogP contribution in [0.5, 0.6) is 0 Å². The van der Waals surface area contributed by atoms with E-state index in [-0.39, 0.29) is 18.1 Å². The molecule has 1 heterocycles. The molecule has 5 nitrogen and oxygen atoms in total. The zero-order valence-electron chi connectivity index (χ0n) is 16.6. The molecule has 0 bridgehead atoms. The van der Waals surface area contributed by atoms with Crippen molar-refractivity contribution in [2.45, 2.75) is 37.4 Å². The van der Waals surface area contributed by atoms with E-state index in [0.717, 1.165) is 18.4 Å². The minimum Gasteiger partial charge on any atom is -0.303 e. The van der Waals surface area contributed by atoms with Crippen LogP contribution in [0.25, 0.3) is 6.08 Å².